The van der Waals surface area contributed by atoms with Crippen LogP contribution < -0.4 is 0 Å². The maximum absolute atomic E-state index is 11.1. The van der Waals surface area contributed by atoms with Gasteiger partial charge in [0.05, 0.1) is 0 Å². The molecule has 0 spiro atoms. The molecule has 0 N–H and O–H groups in total. The Hall–Kier alpha value is -0.380. The Bertz CT molecular complexity index is 133. The van der Waals surface area contributed by atoms with Gasteiger partial charge in [0.25, 0.3) is 0 Å². The predicted octanol–water partition coefficient (Wildman–Crippen LogP) is 1.76. The minimum atomic E-state index is -0.936. The molecular weight excluding hydrogens is 191 g/mol. The molecule has 0 unspecified atom stereocenters. The van der Waals surface area contributed by atoms with Crippen molar-refractivity contribution in [1.82, 2.24) is 0 Å². The summed E-state index contributed by atoms with van der Waals surface area (Å²) in [5.74, 6) is -0.936. The van der Waals surface area contributed by atoms with Crippen LogP contribution in [0.1, 0.15) is 6.92 Å². The summed E-state index contributed by atoms with van der Waals surface area (Å²) in [5.41, 5.74) is 0.275. The summed E-state index contributed by atoms with van der Waals surface area (Å²) < 4.78 is 11.1. The second-order valence-corrected chi connectivity index (χ2v) is 1.87. The number of carbonyl (C=O) groups excluding carboxylic acids is 1. The average molecular weight is 197 g/mol. The highest BCUT2D eigenvalue weighted by atomic mass is 79.9. The van der Waals surface area contributed by atoms with Crippen LogP contribution in [0.25, 0.3) is 0 Å². The molecule has 0 bridgehead atoms. The highest BCUT2D eigenvalue weighted by Gasteiger charge is 2.07. The zero-order chi connectivity index (χ0) is 7.28. The van der Waals surface area contributed by atoms with E-state index >= 15 is 0 Å². The quantitative estimate of drug-likeness (QED) is 0.497. The van der Waals surface area contributed by atoms with E-state index < -0.39 is 5.97 Å². The van der Waals surface area contributed by atoms with Crippen molar-refractivity contribution in [2.75, 3.05) is 5.33 Å². The van der Waals surface area contributed by atoms with Crippen LogP contribution in [0.15, 0.2) is 11.6 Å². The molecule has 0 radical (unpaired) electrons. The van der Waals surface area contributed by atoms with E-state index in [2.05, 4.69) is 20.9 Å². The Kier molecular flexibility index (Phi) is 4.30. The van der Waals surface area contributed by atoms with Gasteiger partial charge in [-0.05, 0) is 6.92 Å². The lowest BCUT2D eigenvalue weighted by molar-refractivity contribution is -0.178. The Labute approximate surface area is 60.7 Å². The molecule has 0 aromatic heterocycles. The zero-order valence-electron chi connectivity index (χ0n) is 4.86. The highest BCUT2D eigenvalue weighted by Crippen LogP contribution is 2.01. The average Bonchev–Trinajstić information content (AvgIpc) is 1.90. The highest BCUT2D eigenvalue weighted by molar-refractivity contribution is 9.09. The van der Waals surface area contributed by atoms with Crippen molar-refractivity contribution in [1.29, 1.82) is 0 Å². The van der Waals surface area contributed by atoms with Crippen LogP contribution in [0.3, 0.4) is 0 Å². The molecule has 0 rings (SSSR count). The first-order chi connectivity index (χ1) is 4.26. The van der Waals surface area contributed by atoms with Gasteiger partial charge in [0.15, 0.2) is 0 Å². The minimum absolute atomic E-state index is 0.275. The van der Waals surface area contributed by atoms with Gasteiger partial charge >= 0.3 is 5.97 Å². The summed E-state index contributed by atoms with van der Waals surface area (Å²) in [7, 11) is 0. The van der Waals surface area contributed by atoms with Crippen LogP contribution >= 0.6 is 15.9 Å². The van der Waals surface area contributed by atoms with E-state index in [-0.39, 0.29) is 5.57 Å². The van der Waals surface area contributed by atoms with E-state index in [4.69, 9.17) is 0 Å². The van der Waals surface area contributed by atoms with Crippen molar-refractivity contribution in [3.8, 4) is 0 Å². The molecule has 0 saturated carbocycles. The number of halogens is 2. The van der Waals surface area contributed by atoms with Gasteiger partial charge in [0.2, 0.25) is 0 Å². The summed E-state index contributed by atoms with van der Waals surface area (Å²) in [4.78, 5) is 13.2. The Morgan fingerprint density at radius 2 is 2.44 bits per heavy atom. The van der Waals surface area contributed by atoms with Crippen LogP contribution in [0, 0.1) is 0 Å². The molecule has 4 heteroatoms. The molecule has 0 aliphatic rings. The van der Waals surface area contributed by atoms with E-state index in [9.17, 15) is 9.32 Å². The van der Waals surface area contributed by atoms with Gasteiger partial charge in [0, 0.05) is 15.4 Å². The first-order valence-electron chi connectivity index (χ1n) is 2.30. The van der Waals surface area contributed by atoms with Crippen molar-refractivity contribution in [2.24, 2.45) is 0 Å². The summed E-state index contributed by atoms with van der Waals surface area (Å²) in [6.45, 7) is 1.63. The van der Waals surface area contributed by atoms with Crippen molar-refractivity contribution >= 4 is 21.9 Å². The fourth-order valence-corrected chi connectivity index (χ4v) is 0.852. The summed E-state index contributed by atoms with van der Waals surface area (Å²) >= 11 is 2.98. The van der Waals surface area contributed by atoms with E-state index in [1.807, 2.05) is 0 Å². The molecule has 0 fully saturated rings. The largest absolute Gasteiger partial charge is 0.376 e. The van der Waals surface area contributed by atoms with E-state index in [1.165, 1.54) is 6.08 Å². The summed E-state index contributed by atoms with van der Waals surface area (Å²) in [5, 5.41) is 0.312. The first-order valence-corrected chi connectivity index (χ1v) is 3.42. The molecule has 0 amide bonds. The number of rotatable bonds is 2. The molecule has 0 aliphatic heterocycles. The Morgan fingerprint density at radius 1 is 1.89 bits per heavy atom. The van der Waals surface area contributed by atoms with Crippen molar-refractivity contribution < 1.29 is 14.3 Å². The molecular formula is C5H6BrFO2. The standard InChI is InChI=1S/C5H6BrFO2/c1-2-4(3-6)5(8)9-7/h2H,3H2,1H3/b4-2+. The van der Waals surface area contributed by atoms with Crippen LogP contribution in [0.4, 0.5) is 4.53 Å². The predicted molar refractivity (Wildman–Crippen MR) is 34.8 cm³/mol. The van der Waals surface area contributed by atoms with Gasteiger partial charge in [-0.1, -0.05) is 22.0 Å². The third-order valence-electron chi connectivity index (χ3n) is 0.825. The molecule has 0 aromatic rings. The van der Waals surface area contributed by atoms with Crippen LogP contribution in [0.5, 0.6) is 0 Å². The van der Waals surface area contributed by atoms with E-state index in [1.54, 1.807) is 6.92 Å². The third-order valence-corrected chi connectivity index (χ3v) is 1.43. The summed E-state index contributed by atoms with van der Waals surface area (Å²) in [6.07, 6.45) is 1.48. The number of allylic oxidation sites excluding steroid dienone is 1. The summed E-state index contributed by atoms with van der Waals surface area (Å²) in [6, 6.07) is 0. The molecule has 0 atom stereocenters. The number of hydrogen-bond donors (Lipinski definition) is 0. The SMILES string of the molecule is C/C=C(\CBr)C(=O)OF. The molecule has 0 aliphatic carbocycles. The van der Waals surface area contributed by atoms with Gasteiger partial charge in [-0.15, -0.1) is 0 Å². The van der Waals surface area contributed by atoms with Crippen LogP contribution in [-0.4, -0.2) is 11.3 Å². The van der Waals surface area contributed by atoms with Crippen LogP contribution in [-0.2, 0) is 9.74 Å². The zero-order valence-corrected chi connectivity index (χ0v) is 6.44. The topological polar surface area (TPSA) is 26.3 Å². The second-order valence-electron chi connectivity index (χ2n) is 1.31. The van der Waals surface area contributed by atoms with E-state index in [0.29, 0.717) is 5.33 Å². The van der Waals surface area contributed by atoms with Gasteiger partial charge in [-0.2, -0.15) is 0 Å². The van der Waals surface area contributed by atoms with Gasteiger partial charge in [0.1, 0.15) is 0 Å². The van der Waals surface area contributed by atoms with Crippen LogP contribution in [0.2, 0.25) is 0 Å². The van der Waals surface area contributed by atoms with E-state index in [0.717, 1.165) is 0 Å². The molecule has 52 valence electrons. The lowest BCUT2D eigenvalue weighted by atomic mass is 10.3. The normalized spacial score (nSPS) is 11.2. The molecule has 2 nitrogen and oxygen atoms in total. The number of hydrogen-bond acceptors (Lipinski definition) is 2. The first kappa shape index (κ1) is 8.62. The Balaban J connectivity index is 3.97. The lowest BCUT2D eigenvalue weighted by Gasteiger charge is -1.92. The third kappa shape index (κ3) is 2.60. The lowest BCUT2D eigenvalue weighted by Crippen LogP contribution is -2.02. The van der Waals surface area contributed by atoms with Crippen molar-refractivity contribution in [3.05, 3.63) is 11.6 Å². The maximum Gasteiger partial charge on any atom is 0.376 e. The molecule has 0 aromatic carbocycles. The Morgan fingerprint density at radius 3 is 2.56 bits per heavy atom. The van der Waals surface area contributed by atoms with Gasteiger partial charge in [-0.25, -0.2) is 9.74 Å². The molecule has 0 saturated heterocycles. The number of carbonyl (C=O) groups is 1. The van der Waals surface area contributed by atoms with Crippen molar-refractivity contribution in [2.45, 2.75) is 6.92 Å². The fraction of sp³-hybridized carbons (Fsp3) is 0.400. The smallest absolute Gasteiger partial charge is 0.250 e. The second kappa shape index (κ2) is 4.49. The van der Waals surface area contributed by atoms with Crippen molar-refractivity contribution in [3.63, 3.8) is 0 Å². The fourth-order valence-electron chi connectivity index (χ4n) is 0.299. The van der Waals surface area contributed by atoms with Gasteiger partial charge < -0.3 is 0 Å². The maximum atomic E-state index is 11.1. The van der Waals surface area contributed by atoms with Gasteiger partial charge in [-0.3, -0.25) is 0 Å². The number of alkyl halides is 1. The monoisotopic (exact) mass is 196 g/mol. The molecule has 9 heavy (non-hydrogen) atoms. The minimum Gasteiger partial charge on any atom is -0.250 e. The molecule has 0 heterocycles.